The maximum absolute atomic E-state index is 12.5. The van der Waals surface area contributed by atoms with Crippen molar-refractivity contribution in [3.63, 3.8) is 0 Å². The van der Waals surface area contributed by atoms with Gasteiger partial charge in [0.1, 0.15) is 0 Å². The van der Waals surface area contributed by atoms with Crippen molar-refractivity contribution < 1.29 is 13.2 Å². The Balaban J connectivity index is 2.47. The summed E-state index contributed by atoms with van der Waals surface area (Å²) < 4.78 is 26.3. The number of nitrogen functional groups attached to an aromatic ring is 1. The maximum atomic E-state index is 12.5. The predicted molar refractivity (Wildman–Crippen MR) is 72.1 cm³/mol. The standard InChI is InChI=1S/C12H17N3O3S/c1-8-5-10(13)9(2)11(6-8)19(17,18)15-4-3-14-12(16)7-15/h5-6H,3-4,7,13H2,1-2H3,(H,14,16). The monoisotopic (exact) mass is 283 g/mol. The molecule has 104 valence electrons. The van der Waals surface area contributed by atoms with Crippen molar-refractivity contribution in [2.45, 2.75) is 18.7 Å². The molecule has 1 aliphatic rings. The van der Waals surface area contributed by atoms with Crippen LogP contribution in [0.2, 0.25) is 0 Å². The molecular weight excluding hydrogens is 266 g/mol. The Morgan fingerprint density at radius 3 is 2.63 bits per heavy atom. The van der Waals surface area contributed by atoms with Gasteiger partial charge >= 0.3 is 0 Å². The van der Waals surface area contributed by atoms with E-state index in [1.165, 1.54) is 4.31 Å². The zero-order chi connectivity index (χ0) is 14.2. The summed E-state index contributed by atoms with van der Waals surface area (Å²) in [5.41, 5.74) is 7.56. The van der Waals surface area contributed by atoms with E-state index in [1.807, 2.05) is 0 Å². The highest BCUT2D eigenvalue weighted by atomic mass is 32.2. The molecule has 1 fully saturated rings. The van der Waals surface area contributed by atoms with E-state index in [1.54, 1.807) is 26.0 Å². The highest BCUT2D eigenvalue weighted by Crippen LogP contribution is 2.26. The molecule has 1 aromatic rings. The van der Waals surface area contributed by atoms with Crippen molar-refractivity contribution in [3.8, 4) is 0 Å². The second-order valence-electron chi connectivity index (χ2n) is 4.67. The number of aryl methyl sites for hydroxylation is 1. The molecule has 1 aliphatic heterocycles. The molecule has 0 aromatic heterocycles. The van der Waals surface area contributed by atoms with Crippen molar-refractivity contribution in [3.05, 3.63) is 23.3 Å². The first-order valence-corrected chi connectivity index (χ1v) is 7.40. The average Bonchev–Trinajstić information content (AvgIpc) is 2.33. The minimum absolute atomic E-state index is 0.143. The number of rotatable bonds is 2. The van der Waals surface area contributed by atoms with E-state index >= 15 is 0 Å². The molecule has 0 aliphatic carbocycles. The van der Waals surface area contributed by atoms with E-state index in [0.29, 0.717) is 17.8 Å². The molecule has 1 heterocycles. The second-order valence-corrected chi connectivity index (χ2v) is 6.57. The number of nitrogens with zero attached hydrogens (tertiary/aromatic N) is 1. The van der Waals surface area contributed by atoms with Crippen molar-refractivity contribution >= 4 is 21.6 Å². The van der Waals surface area contributed by atoms with Gasteiger partial charge in [-0.3, -0.25) is 4.79 Å². The summed E-state index contributed by atoms with van der Waals surface area (Å²) in [6.45, 7) is 3.93. The van der Waals surface area contributed by atoms with Crippen LogP contribution in [0, 0.1) is 13.8 Å². The largest absolute Gasteiger partial charge is 0.398 e. The van der Waals surface area contributed by atoms with Crippen LogP contribution in [-0.4, -0.2) is 38.3 Å². The second kappa shape index (κ2) is 4.82. The Bertz CT molecular complexity index is 625. The SMILES string of the molecule is Cc1cc(N)c(C)c(S(=O)(=O)N2CCNC(=O)C2)c1. The van der Waals surface area contributed by atoms with Crippen LogP contribution in [0.15, 0.2) is 17.0 Å². The molecule has 0 atom stereocenters. The first-order chi connectivity index (χ1) is 8.82. The van der Waals surface area contributed by atoms with Crippen molar-refractivity contribution in [2.75, 3.05) is 25.4 Å². The summed E-state index contributed by atoms with van der Waals surface area (Å²) in [6, 6.07) is 3.32. The first kappa shape index (κ1) is 13.8. The van der Waals surface area contributed by atoms with Gasteiger partial charge in [0.15, 0.2) is 0 Å². The summed E-state index contributed by atoms with van der Waals surface area (Å²) in [5.74, 6) is -0.284. The minimum atomic E-state index is -3.68. The number of carbonyl (C=O) groups excluding carboxylic acids is 1. The van der Waals surface area contributed by atoms with Crippen LogP contribution in [-0.2, 0) is 14.8 Å². The summed E-state index contributed by atoms with van der Waals surface area (Å²) in [6.07, 6.45) is 0. The van der Waals surface area contributed by atoms with Gasteiger partial charge in [0.25, 0.3) is 0 Å². The van der Waals surface area contributed by atoms with Gasteiger partial charge in [-0.25, -0.2) is 8.42 Å². The van der Waals surface area contributed by atoms with Crippen LogP contribution in [0.25, 0.3) is 0 Å². The summed E-state index contributed by atoms with van der Waals surface area (Å²) >= 11 is 0. The molecule has 3 N–H and O–H groups in total. The van der Waals surface area contributed by atoms with Crippen molar-refractivity contribution in [1.82, 2.24) is 9.62 Å². The fourth-order valence-corrected chi connectivity index (χ4v) is 3.82. The average molecular weight is 283 g/mol. The first-order valence-electron chi connectivity index (χ1n) is 5.96. The van der Waals surface area contributed by atoms with E-state index in [0.717, 1.165) is 5.56 Å². The van der Waals surface area contributed by atoms with Gasteiger partial charge in [0, 0.05) is 18.8 Å². The molecule has 0 radical (unpaired) electrons. The summed E-state index contributed by atoms with van der Waals surface area (Å²) in [4.78, 5) is 11.5. The van der Waals surface area contributed by atoms with Crippen molar-refractivity contribution in [1.29, 1.82) is 0 Å². The number of benzene rings is 1. The van der Waals surface area contributed by atoms with E-state index in [-0.39, 0.29) is 23.9 Å². The molecule has 0 spiro atoms. The lowest BCUT2D eigenvalue weighted by molar-refractivity contribution is -0.122. The van der Waals surface area contributed by atoms with Crippen LogP contribution < -0.4 is 11.1 Å². The lowest BCUT2D eigenvalue weighted by atomic mass is 10.1. The molecular formula is C12H17N3O3S. The Hall–Kier alpha value is -1.60. The third-order valence-corrected chi connectivity index (χ3v) is 5.14. The van der Waals surface area contributed by atoms with Gasteiger partial charge in [-0.15, -0.1) is 0 Å². The molecule has 7 heteroatoms. The third-order valence-electron chi connectivity index (χ3n) is 3.17. The molecule has 1 amide bonds. The Kier molecular flexibility index (Phi) is 3.51. The number of hydrogen-bond acceptors (Lipinski definition) is 4. The lowest BCUT2D eigenvalue weighted by Gasteiger charge is -2.26. The number of nitrogens with one attached hydrogen (secondary N) is 1. The van der Waals surface area contributed by atoms with Crippen LogP contribution in [0.5, 0.6) is 0 Å². The van der Waals surface area contributed by atoms with E-state index in [2.05, 4.69) is 5.32 Å². The Morgan fingerprint density at radius 2 is 2.00 bits per heavy atom. The van der Waals surface area contributed by atoms with Gasteiger partial charge in [-0.2, -0.15) is 4.31 Å². The molecule has 1 aromatic carbocycles. The normalized spacial score (nSPS) is 17.3. The topological polar surface area (TPSA) is 92.5 Å². The van der Waals surface area contributed by atoms with Crippen LogP contribution in [0.3, 0.4) is 0 Å². The van der Waals surface area contributed by atoms with Crippen LogP contribution >= 0.6 is 0 Å². The predicted octanol–water partition coefficient (Wildman–Crippen LogP) is 0.00614. The van der Waals surface area contributed by atoms with Crippen molar-refractivity contribution in [2.24, 2.45) is 0 Å². The number of nitrogens with two attached hydrogens (primary N) is 1. The number of anilines is 1. The number of sulfonamides is 1. The Morgan fingerprint density at radius 1 is 1.32 bits per heavy atom. The molecule has 2 rings (SSSR count). The highest BCUT2D eigenvalue weighted by molar-refractivity contribution is 7.89. The fourth-order valence-electron chi connectivity index (χ4n) is 2.08. The van der Waals surface area contributed by atoms with Gasteiger partial charge < -0.3 is 11.1 Å². The van der Waals surface area contributed by atoms with E-state index in [4.69, 9.17) is 5.73 Å². The molecule has 1 saturated heterocycles. The third kappa shape index (κ3) is 2.57. The molecule has 0 unspecified atom stereocenters. The van der Waals surface area contributed by atoms with Gasteiger partial charge in [-0.1, -0.05) is 0 Å². The quantitative estimate of drug-likeness (QED) is 0.748. The van der Waals surface area contributed by atoms with Gasteiger partial charge in [0.05, 0.1) is 11.4 Å². The zero-order valence-corrected chi connectivity index (χ0v) is 11.8. The molecule has 0 bridgehead atoms. The molecule has 19 heavy (non-hydrogen) atoms. The molecule has 0 saturated carbocycles. The summed E-state index contributed by atoms with van der Waals surface area (Å²) in [5, 5.41) is 2.60. The summed E-state index contributed by atoms with van der Waals surface area (Å²) in [7, 11) is -3.68. The number of piperazine rings is 1. The number of carbonyl (C=O) groups is 1. The van der Waals surface area contributed by atoms with Crippen LogP contribution in [0.1, 0.15) is 11.1 Å². The van der Waals surface area contributed by atoms with E-state index in [9.17, 15) is 13.2 Å². The zero-order valence-electron chi connectivity index (χ0n) is 10.9. The minimum Gasteiger partial charge on any atom is -0.398 e. The lowest BCUT2D eigenvalue weighted by Crippen LogP contribution is -2.49. The van der Waals surface area contributed by atoms with E-state index < -0.39 is 10.0 Å². The fraction of sp³-hybridized carbons (Fsp3) is 0.417. The number of hydrogen-bond donors (Lipinski definition) is 2. The smallest absolute Gasteiger partial charge is 0.243 e. The van der Waals surface area contributed by atoms with Gasteiger partial charge in [-0.05, 0) is 37.1 Å². The molecule has 6 nitrogen and oxygen atoms in total. The highest BCUT2D eigenvalue weighted by Gasteiger charge is 2.30. The Labute approximate surface area is 112 Å². The maximum Gasteiger partial charge on any atom is 0.243 e. The number of amides is 1. The van der Waals surface area contributed by atoms with Crippen LogP contribution in [0.4, 0.5) is 5.69 Å². The van der Waals surface area contributed by atoms with Gasteiger partial charge in [0.2, 0.25) is 15.9 Å².